The summed E-state index contributed by atoms with van der Waals surface area (Å²) in [4.78, 5) is 50.3. The minimum atomic E-state index is -1.07. The van der Waals surface area contributed by atoms with Gasteiger partial charge in [-0.05, 0) is 73.3 Å². The molecule has 3 aromatic rings. The number of nitrogens with one attached hydrogen (secondary N) is 1. The Labute approximate surface area is 232 Å². The van der Waals surface area contributed by atoms with E-state index in [4.69, 9.17) is 16.6 Å². The maximum absolute atomic E-state index is 12.5. The standard InChI is InChI=1S/C16H16N2O3.C14H17N3O2/c17-10-12-5-4-8-14(9-12)18(11-15(19)20)16(21)13-6-2-1-3-7-13;15-13(18)10-4-3-9-5-7-17(12(9)8-10)14(19)11-2-1-6-16-11/h1-9H,10-11,17H2,(H,19,20);3-4,8,11,16H,1-2,5-7H2,(H2,15,18)/t;11-/m.1/s1. The van der Waals surface area contributed by atoms with Gasteiger partial charge in [0.15, 0.2) is 0 Å². The average molecular weight is 544 g/mol. The van der Waals surface area contributed by atoms with E-state index in [1.165, 1.54) is 4.90 Å². The van der Waals surface area contributed by atoms with Gasteiger partial charge in [0.25, 0.3) is 5.91 Å². The van der Waals surface area contributed by atoms with Crippen LogP contribution in [0.4, 0.5) is 11.4 Å². The molecule has 10 nitrogen and oxygen atoms in total. The summed E-state index contributed by atoms with van der Waals surface area (Å²) in [6.45, 7) is 1.52. The number of primary amides is 1. The van der Waals surface area contributed by atoms with Crippen LogP contribution in [0.5, 0.6) is 0 Å². The summed E-state index contributed by atoms with van der Waals surface area (Å²) < 4.78 is 0. The third kappa shape index (κ3) is 6.71. The van der Waals surface area contributed by atoms with E-state index in [0.717, 1.165) is 42.6 Å². The summed E-state index contributed by atoms with van der Waals surface area (Å²) in [5.74, 6) is -1.77. The zero-order valence-corrected chi connectivity index (χ0v) is 22.1. The molecule has 0 radical (unpaired) electrons. The Hall–Kier alpha value is -4.54. The molecule has 5 rings (SSSR count). The van der Waals surface area contributed by atoms with Crippen LogP contribution in [0, 0.1) is 0 Å². The number of aliphatic carboxylic acids is 1. The number of carboxylic acid groups (broad SMARTS) is 1. The number of fused-ring (bicyclic) bond motifs is 1. The minimum absolute atomic E-state index is 0.0804. The highest BCUT2D eigenvalue weighted by atomic mass is 16.4. The molecular formula is C30H33N5O5. The number of nitrogens with zero attached hydrogens (tertiary/aromatic N) is 2. The fourth-order valence-corrected chi connectivity index (χ4v) is 4.85. The lowest BCUT2D eigenvalue weighted by molar-refractivity contribution is -0.135. The van der Waals surface area contributed by atoms with E-state index < -0.39 is 18.4 Å². The predicted molar refractivity (Wildman–Crippen MR) is 152 cm³/mol. The minimum Gasteiger partial charge on any atom is -0.480 e. The zero-order chi connectivity index (χ0) is 28.6. The van der Waals surface area contributed by atoms with Crippen LogP contribution in [-0.2, 0) is 22.6 Å². The second-order valence-electron chi connectivity index (χ2n) is 9.62. The number of hydrogen-bond acceptors (Lipinski definition) is 6. The van der Waals surface area contributed by atoms with Gasteiger partial charge in [-0.1, -0.05) is 36.4 Å². The number of hydrogen-bond donors (Lipinski definition) is 4. The Kier molecular flexibility index (Phi) is 9.26. The molecule has 0 aliphatic carbocycles. The van der Waals surface area contributed by atoms with E-state index in [0.29, 0.717) is 29.9 Å². The molecule has 2 aliphatic rings. The number of benzene rings is 3. The summed E-state index contributed by atoms with van der Waals surface area (Å²) >= 11 is 0. The molecule has 0 aromatic heterocycles. The van der Waals surface area contributed by atoms with Crippen molar-refractivity contribution < 1.29 is 24.3 Å². The molecule has 10 heteroatoms. The Bertz CT molecular complexity index is 1390. The Balaban J connectivity index is 0.000000186. The molecule has 1 fully saturated rings. The third-order valence-electron chi connectivity index (χ3n) is 6.91. The Morgan fingerprint density at radius 1 is 0.975 bits per heavy atom. The first-order chi connectivity index (χ1) is 19.3. The number of nitrogens with two attached hydrogens (primary N) is 2. The largest absolute Gasteiger partial charge is 0.480 e. The lowest BCUT2D eigenvalue weighted by atomic mass is 10.1. The highest BCUT2D eigenvalue weighted by Gasteiger charge is 2.32. The van der Waals surface area contributed by atoms with Crippen LogP contribution in [-0.4, -0.2) is 54.5 Å². The molecule has 40 heavy (non-hydrogen) atoms. The van der Waals surface area contributed by atoms with Crippen molar-refractivity contribution in [3.8, 4) is 0 Å². The van der Waals surface area contributed by atoms with Crippen molar-refractivity contribution in [2.24, 2.45) is 11.5 Å². The quantitative estimate of drug-likeness (QED) is 0.356. The molecule has 0 saturated carbocycles. The smallest absolute Gasteiger partial charge is 0.323 e. The molecule has 1 saturated heterocycles. The van der Waals surface area contributed by atoms with Gasteiger partial charge in [0.1, 0.15) is 6.54 Å². The maximum atomic E-state index is 12.5. The predicted octanol–water partition coefficient (Wildman–Crippen LogP) is 2.30. The number of carbonyl (C=O) groups is 4. The first kappa shape index (κ1) is 28.5. The second-order valence-corrected chi connectivity index (χ2v) is 9.62. The maximum Gasteiger partial charge on any atom is 0.323 e. The van der Waals surface area contributed by atoms with Crippen molar-refractivity contribution in [3.05, 3.63) is 95.1 Å². The molecular weight excluding hydrogens is 510 g/mol. The van der Waals surface area contributed by atoms with Gasteiger partial charge in [-0.2, -0.15) is 0 Å². The number of carbonyl (C=O) groups excluding carboxylic acids is 3. The van der Waals surface area contributed by atoms with E-state index in [-0.39, 0.29) is 17.9 Å². The van der Waals surface area contributed by atoms with Crippen LogP contribution in [0.1, 0.15) is 44.7 Å². The molecule has 208 valence electrons. The topological polar surface area (TPSA) is 159 Å². The number of rotatable bonds is 7. The van der Waals surface area contributed by atoms with Gasteiger partial charge in [-0.15, -0.1) is 0 Å². The van der Waals surface area contributed by atoms with Crippen molar-refractivity contribution in [2.75, 3.05) is 29.4 Å². The summed E-state index contributed by atoms with van der Waals surface area (Å²) in [5, 5.41) is 12.3. The van der Waals surface area contributed by atoms with E-state index in [1.807, 2.05) is 12.1 Å². The monoisotopic (exact) mass is 543 g/mol. The van der Waals surface area contributed by atoms with E-state index in [1.54, 1.807) is 65.6 Å². The molecule has 1 atom stereocenters. The highest BCUT2D eigenvalue weighted by Crippen LogP contribution is 2.30. The van der Waals surface area contributed by atoms with Crippen molar-refractivity contribution in [1.29, 1.82) is 0 Å². The fraction of sp³-hybridized carbons (Fsp3) is 0.267. The lowest BCUT2D eigenvalue weighted by Gasteiger charge is -2.21. The molecule has 2 heterocycles. The molecule has 0 bridgehead atoms. The van der Waals surface area contributed by atoms with Crippen molar-refractivity contribution in [1.82, 2.24) is 5.32 Å². The van der Waals surface area contributed by atoms with Crippen LogP contribution in [0.25, 0.3) is 0 Å². The van der Waals surface area contributed by atoms with Gasteiger partial charge < -0.3 is 26.8 Å². The fourth-order valence-electron chi connectivity index (χ4n) is 4.85. The average Bonchev–Trinajstić information content (AvgIpc) is 3.66. The normalized spacial score (nSPS) is 15.5. The second kappa shape index (κ2) is 13.0. The molecule has 3 aromatic carbocycles. The third-order valence-corrected chi connectivity index (χ3v) is 6.91. The number of anilines is 2. The van der Waals surface area contributed by atoms with E-state index in [2.05, 4.69) is 5.32 Å². The first-order valence-electron chi connectivity index (χ1n) is 13.1. The molecule has 0 spiro atoms. The van der Waals surface area contributed by atoms with Gasteiger partial charge in [-0.3, -0.25) is 24.1 Å². The van der Waals surface area contributed by atoms with E-state index in [9.17, 15) is 19.2 Å². The van der Waals surface area contributed by atoms with Crippen molar-refractivity contribution in [2.45, 2.75) is 31.8 Å². The highest BCUT2D eigenvalue weighted by molar-refractivity contribution is 6.08. The SMILES string of the molecule is NC(=O)c1ccc2c(c1)N(C(=O)[C@H]1CCCN1)CC2.NCc1cccc(N(CC(=O)O)C(=O)c2ccccc2)c1. The Morgan fingerprint density at radius 3 is 2.40 bits per heavy atom. The van der Waals surface area contributed by atoms with Crippen molar-refractivity contribution >= 4 is 35.1 Å². The van der Waals surface area contributed by atoms with Crippen LogP contribution in [0.15, 0.2) is 72.8 Å². The molecule has 6 N–H and O–H groups in total. The molecule has 0 unspecified atom stereocenters. The van der Waals surface area contributed by atoms with Crippen LogP contribution >= 0.6 is 0 Å². The lowest BCUT2D eigenvalue weighted by Crippen LogP contribution is -2.43. The van der Waals surface area contributed by atoms with Crippen LogP contribution < -0.4 is 26.6 Å². The summed E-state index contributed by atoms with van der Waals surface area (Å²) in [6.07, 6.45) is 2.77. The van der Waals surface area contributed by atoms with Gasteiger partial charge in [0.2, 0.25) is 11.8 Å². The number of amides is 3. The van der Waals surface area contributed by atoms with Gasteiger partial charge in [0.05, 0.1) is 6.04 Å². The summed E-state index contributed by atoms with van der Waals surface area (Å²) in [5.41, 5.74) is 15.1. The molecule has 2 aliphatic heterocycles. The van der Waals surface area contributed by atoms with Crippen LogP contribution in [0.3, 0.4) is 0 Å². The first-order valence-corrected chi connectivity index (χ1v) is 13.1. The number of carboxylic acids is 1. The summed E-state index contributed by atoms with van der Waals surface area (Å²) in [7, 11) is 0. The van der Waals surface area contributed by atoms with Gasteiger partial charge in [0, 0.05) is 35.6 Å². The van der Waals surface area contributed by atoms with Crippen LogP contribution in [0.2, 0.25) is 0 Å². The van der Waals surface area contributed by atoms with Gasteiger partial charge in [-0.25, -0.2) is 0 Å². The summed E-state index contributed by atoms with van der Waals surface area (Å²) in [6, 6.07) is 20.9. The zero-order valence-electron chi connectivity index (χ0n) is 22.1. The Morgan fingerprint density at radius 2 is 1.75 bits per heavy atom. The molecule has 3 amide bonds. The van der Waals surface area contributed by atoms with E-state index >= 15 is 0 Å². The van der Waals surface area contributed by atoms with Crippen molar-refractivity contribution in [3.63, 3.8) is 0 Å². The van der Waals surface area contributed by atoms with Gasteiger partial charge >= 0.3 is 5.97 Å².